The maximum absolute atomic E-state index is 12.3. The van der Waals surface area contributed by atoms with Gasteiger partial charge in [-0.1, -0.05) is 42.5 Å². The molecular formula is C20H27N3O3. The zero-order chi connectivity index (χ0) is 18.2. The molecule has 1 atom stereocenters. The van der Waals surface area contributed by atoms with Gasteiger partial charge in [0.15, 0.2) is 0 Å². The number of benzene rings is 1. The van der Waals surface area contributed by atoms with Gasteiger partial charge in [-0.25, -0.2) is 0 Å². The van der Waals surface area contributed by atoms with Crippen LogP contribution < -0.4 is 5.32 Å². The van der Waals surface area contributed by atoms with Crippen LogP contribution in [0.4, 0.5) is 0 Å². The minimum Gasteiger partial charge on any atom is -0.368 e. The Bertz CT molecular complexity index is 618. The van der Waals surface area contributed by atoms with Gasteiger partial charge in [0.05, 0.1) is 6.54 Å². The van der Waals surface area contributed by atoms with Crippen molar-refractivity contribution in [3.05, 3.63) is 42.0 Å². The molecule has 1 aromatic carbocycles. The van der Waals surface area contributed by atoms with E-state index in [4.69, 9.17) is 4.74 Å². The van der Waals surface area contributed by atoms with Gasteiger partial charge in [0.2, 0.25) is 11.8 Å². The topological polar surface area (TPSA) is 61.9 Å². The van der Waals surface area contributed by atoms with Gasteiger partial charge in [-0.2, -0.15) is 0 Å². The largest absolute Gasteiger partial charge is 0.368 e. The van der Waals surface area contributed by atoms with Crippen molar-refractivity contribution in [1.29, 1.82) is 0 Å². The molecule has 2 fully saturated rings. The zero-order valence-electron chi connectivity index (χ0n) is 15.1. The lowest BCUT2D eigenvalue weighted by atomic mass is 10.2. The van der Waals surface area contributed by atoms with Crippen molar-refractivity contribution in [1.82, 2.24) is 15.1 Å². The summed E-state index contributed by atoms with van der Waals surface area (Å²) >= 11 is 0. The van der Waals surface area contributed by atoms with Crippen LogP contribution in [0.1, 0.15) is 18.4 Å². The molecule has 26 heavy (non-hydrogen) atoms. The lowest BCUT2D eigenvalue weighted by Crippen LogP contribution is -2.51. The van der Waals surface area contributed by atoms with E-state index in [0.717, 1.165) is 32.5 Å². The predicted octanol–water partition coefficient (Wildman–Crippen LogP) is 1.14. The Morgan fingerprint density at radius 1 is 1.15 bits per heavy atom. The first-order valence-electron chi connectivity index (χ1n) is 9.33. The van der Waals surface area contributed by atoms with E-state index in [9.17, 15) is 9.59 Å². The molecule has 1 N–H and O–H groups in total. The fourth-order valence-electron chi connectivity index (χ4n) is 3.25. The first-order valence-corrected chi connectivity index (χ1v) is 9.33. The van der Waals surface area contributed by atoms with Crippen LogP contribution in [0, 0.1) is 0 Å². The van der Waals surface area contributed by atoms with Crippen molar-refractivity contribution in [2.45, 2.75) is 18.9 Å². The molecule has 0 aromatic heterocycles. The summed E-state index contributed by atoms with van der Waals surface area (Å²) in [6, 6.07) is 10.2. The van der Waals surface area contributed by atoms with Crippen molar-refractivity contribution in [3.63, 3.8) is 0 Å². The fraction of sp³-hybridized carbons (Fsp3) is 0.500. The first kappa shape index (κ1) is 18.6. The molecule has 0 aliphatic carbocycles. The summed E-state index contributed by atoms with van der Waals surface area (Å²) in [5, 5.41) is 2.71. The maximum atomic E-state index is 12.3. The Kier molecular flexibility index (Phi) is 6.80. The number of rotatable bonds is 6. The molecule has 2 heterocycles. The van der Waals surface area contributed by atoms with Gasteiger partial charge in [0, 0.05) is 39.3 Å². The Hall–Kier alpha value is -2.18. The third-order valence-corrected chi connectivity index (χ3v) is 4.83. The number of carbonyl (C=O) groups excluding carboxylic acids is 2. The third kappa shape index (κ3) is 5.41. The van der Waals surface area contributed by atoms with Crippen LogP contribution in [0.5, 0.6) is 0 Å². The van der Waals surface area contributed by atoms with Crippen LogP contribution in [0.25, 0.3) is 6.08 Å². The highest BCUT2D eigenvalue weighted by atomic mass is 16.5. The molecule has 0 radical (unpaired) electrons. The SMILES string of the molecule is O=C(NCC(=O)N1CCN(C/C=C/c2ccccc2)CC1)C1CCCO1. The molecular weight excluding hydrogens is 330 g/mol. The zero-order valence-corrected chi connectivity index (χ0v) is 15.1. The molecule has 1 aromatic rings. The number of ether oxygens (including phenoxy) is 1. The van der Waals surface area contributed by atoms with Crippen LogP contribution in [-0.2, 0) is 14.3 Å². The maximum Gasteiger partial charge on any atom is 0.249 e. The van der Waals surface area contributed by atoms with Crippen LogP contribution >= 0.6 is 0 Å². The van der Waals surface area contributed by atoms with Gasteiger partial charge in [0.1, 0.15) is 6.10 Å². The molecule has 6 nitrogen and oxygen atoms in total. The van der Waals surface area contributed by atoms with E-state index in [1.165, 1.54) is 5.56 Å². The van der Waals surface area contributed by atoms with Gasteiger partial charge >= 0.3 is 0 Å². The van der Waals surface area contributed by atoms with Gasteiger partial charge in [0.25, 0.3) is 0 Å². The molecule has 140 valence electrons. The van der Waals surface area contributed by atoms with Gasteiger partial charge in [-0.3, -0.25) is 14.5 Å². The molecule has 6 heteroatoms. The summed E-state index contributed by atoms with van der Waals surface area (Å²) < 4.78 is 5.33. The number of nitrogens with one attached hydrogen (secondary N) is 1. The van der Waals surface area contributed by atoms with Crippen molar-refractivity contribution in [3.8, 4) is 0 Å². The normalized spacial score (nSPS) is 21.2. The van der Waals surface area contributed by atoms with Crippen molar-refractivity contribution < 1.29 is 14.3 Å². The van der Waals surface area contributed by atoms with Crippen molar-refractivity contribution >= 4 is 17.9 Å². The second kappa shape index (κ2) is 9.50. The highest BCUT2D eigenvalue weighted by Crippen LogP contribution is 2.11. The number of hydrogen-bond acceptors (Lipinski definition) is 4. The molecule has 2 amide bonds. The van der Waals surface area contributed by atoms with Gasteiger partial charge in [-0.05, 0) is 18.4 Å². The Morgan fingerprint density at radius 2 is 1.92 bits per heavy atom. The van der Waals surface area contributed by atoms with E-state index in [2.05, 4.69) is 34.5 Å². The monoisotopic (exact) mass is 357 g/mol. The first-order chi connectivity index (χ1) is 12.7. The molecule has 2 aliphatic rings. The standard InChI is InChI=1S/C20H27N3O3/c24-19(16-21-20(25)18-9-5-15-26-18)23-13-11-22(12-14-23)10-4-8-17-6-2-1-3-7-17/h1-4,6-8,18H,5,9-16H2,(H,21,25)/b8-4+. The summed E-state index contributed by atoms with van der Waals surface area (Å²) in [7, 11) is 0. The number of nitrogens with zero attached hydrogens (tertiary/aromatic N) is 2. The molecule has 0 bridgehead atoms. The summed E-state index contributed by atoms with van der Waals surface area (Å²) in [5.74, 6) is -0.184. The van der Waals surface area contributed by atoms with E-state index in [1.807, 2.05) is 23.1 Å². The van der Waals surface area contributed by atoms with E-state index in [-0.39, 0.29) is 24.5 Å². The van der Waals surface area contributed by atoms with Crippen LogP contribution in [-0.4, -0.2) is 73.6 Å². The molecule has 1 unspecified atom stereocenters. The summed E-state index contributed by atoms with van der Waals surface area (Å²) in [4.78, 5) is 28.3. The van der Waals surface area contributed by atoms with Crippen LogP contribution in [0.2, 0.25) is 0 Å². The van der Waals surface area contributed by atoms with E-state index in [1.54, 1.807) is 0 Å². The Labute approximate surface area is 154 Å². The third-order valence-electron chi connectivity index (χ3n) is 4.83. The molecule has 0 saturated carbocycles. The Balaban J connectivity index is 1.34. The minimum atomic E-state index is -0.379. The number of amides is 2. The molecule has 2 saturated heterocycles. The predicted molar refractivity (Wildman–Crippen MR) is 100 cm³/mol. The quantitative estimate of drug-likeness (QED) is 0.829. The average Bonchev–Trinajstić information content (AvgIpc) is 3.22. The average molecular weight is 357 g/mol. The minimum absolute atomic E-state index is 0.0178. The number of hydrogen-bond donors (Lipinski definition) is 1. The highest BCUT2D eigenvalue weighted by molar-refractivity contribution is 5.87. The summed E-state index contributed by atoms with van der Waals surface area (Å²) in [5.41, 5.74) is 1.20. The van der Waals surface area contributed by atoms with Gasteiger partial charge in [-0.15, -0.1) is 0 Å². The smallest absolute Gasteiger partial charge is 0.249 e. The second-order valence-electron chi connectivity index (χ2n) is 6.71. The lowest BCUT2D eigenvalue weighted by molar-refractivity contribution is -0.136. The van der Waals surface area contributed by atoms with Gasteiger partial charge < -0.3 is 15.0 Å². The summed E-state index contributed by atoms with van der Waals surface area (Å²) in [6.45, 7) is 4.68. The molecule has 2 aliphatic heterocycles. The van der Waals surface area contributed by atoms with Crippen LogP contribution in [0.3, 0.4) is 0 Å². The van der Waals surface area contributed by atoms with E-state index >= 15 is 0 Å². The number of carbonyl (C=O) groups is 2. The van der Waals surface area contributed by atoms with Crippen LogP contribution in [0.15, 0.2) is 36.4 Å². The van der Waals surface area contributed by atoms with Crippen molar-refractivity contribution in [2.75, 3.05) is 45.9 Å². The number of piperazine rings is 1. The second-order valence-corrected chi connectivity index (χ2v) is 6.71. The Morgan fingerprint density at radius 3 is 2.62 bits per heavy atom. The van der Waals surface area contributed by atoms with E-state index < -0.39 is 0 Å². The highest BCUT2D eigenvalue weighted by Gasteiger charge is 2.25. The molecule has 0 spiro atoms. The van der Waals surface area contributed by atoms with Crippen molar-refractivity contribution in [2.24, 2.45) is 0 Å². The van der Waals surface area contributed by atoms with E-state index in [0.29, 0.717) is 19.7 Å². The fourth-order valence-corrected chi connectivity index (χ4v) is 3.25. The lowest BCUT2D eigenvalue weighted by Gasteiger charge is -2.34. The molecule has 3 rings (SSSR count). The summed E-state index contributed by atoms with van der Waals surface area (Å²) in [6.07, 6.45) is 5.56.